The number of hydrogen-bond donors (Lipinski definition) is 1. The summed E-state index contributed by atoms with van der Waals surface area (Å²) in [4.78, 5) is 0. The Morgan fingerprint density at radius 1 is 1.18 bits per heavy atom. The molecule has 1 N–H and O–H groups in total. The topological polar surface area (TPSA) is 12.0 Å². The first kappa shape index (κ1) is 13.9. The van der Waals surface area contributed by atoms with Crippen LogP contribution in [-0.4, -0.2) is 6.54 Å². The Balaban J connectivity index is 2.81. The lowest BCUT2D eigenvalue weighted by Crippen LogP contribution is -2.12. The standard InChI is InChI=1S/C13H18F3N/c1-3-4-5-9-17-12-10(2)7-6-8-11(12)13(14,15)16/h6-8,17H,3-5,9H2,1-2H3. The molecular weight excluding hydrogens is 227 g/mol. The van der Waals surface area contributed by atoms with Crippen LogP contribution in [0.15, 0.2) is 18.2 Å². The van der Waals surface area contributed by atoms with Gasteiger partial charge in [-0.15, -0.1) is 0 Å². The molecule has 4 heteroatoms. The maximum Gasteiger partial charge on any atom is 0.418 e. The Hall–Kier alpha value is -1.19. The number of nitrogens with one attached hydrogen (secondary N) is 1. The summed E-state index contributed by atoms with van der Waals surface area (Å²) in [5, 5.41) is 2.90. The van der Waals surface area contributed by atoms with Crippen molar-refractivity contribution in [1.82, 2.24) is 0 Å². The van der Waals surface area contributed by atoms with Crippen molar-refractivity contribution in [1.29, 1.82) is 0 Å². The van der Waals surface area contributed by atoms with Crippen LogP contribution in [0.25, 0.3) is 0 Å². The minimum Gasteiger partial charge on any atom is -0.384 e. The molecule has 1 rings (SSSR count). The molecule has 1 aromatic carbocycles. The van der Waals surface area contributed by atoms with Crippen LogP contribution >= 0.6 is 0 Å². The lowest BCUT2D eigenvalue weighted by Gasteiger charge is -2.16. The number of hydrogen-bond acceptors (Lipinski definition) is 1. The van der Waals surface area contributed by atoms with Gasteiger partial charge in [-0.2, -0.15) is 13.2 Å². The van der Waals surface area contributed by atoms with E-state index in [0.717, 1.165) is 25.3 Å². The van der Waals surface area contributed by atoms with Crippen LogP contribution in [0.4, 0.5) is 18.9 Å². The van der Waals surface area contributed by atoms with Crippen LogP contribution in [-0.2, 0) is 6.18 Å². The quantitative estimate of drug-likeness (QED) is 0.746. The van der Waals surface area contributed by atoms with E-state index in [1.807, 2.05) is 0 Å². The molecule has 0 unspecified atom stereocenters. The third-order valence-corrected chi connectivity index (χ3v) is 2.66. The Labute approximate surface area is 100 Å². The van der Waals surface area contributed by atoms with E-state index in [2.05, 4.69) is 12.2 Å². The van der Waals surface area contributed by atoms with Gasteiger partial charge in [0.25, 0.3) is 0 Å². The number of rotatable bonds is 5. The second kappa shape index (κ2) is 5.94. The summed E-state index contributed by atoms with van der Waals surface area (Å²) in [6.07, 6.45) is -1.32. The predicted octanol–water partition coefficient (Wildman–Crippen LogP) is 4.62. The molecular formula is C13H18F3N. The summed E-state index contributed by atoms with van der Waals surface area (Å²) in [7, 11) is 0. The molecule has 0 saturated heterocycles. The minimum absolute atomic E-state index is 0.219. The van der Waals surface area contributed by atoms with E-state index in [1.54, 1.807) is 13.0 Å². The highest BCUT2D eigenvalue weighted by molar-refractivity contribution is 5.58. The first-order valence-corrected chi connectivity index (χ1v) is 5.87. The van der Waals surface area contributed by atoms with Crippen molar-refractivity contribution in [2.45, 2.75) is 39.3 Å². The van der Waals surface area contributed by atoms with Crippen LogP contribution < -0.4 is 5.32 Å². The molecule has 0 radical (unpaired) electrons. The van der Waals surface area contributed by atoms with E-state index >= 15 is 0 Å². The molecule has 1 aromatic rings. The number of anilines is 1. The average Bonchev–Trinajstić information content (AvgIpc) is 2.24. The fourth-order valence-corrected chi connectivity index (χ4v) is 1.73. The van der Waals surface area contributed by atoms with Crippen LogP contribution in [0.3, 0.4) is 0 Å². The number of aryl methyl sites for hydroxylation is 1. The maximum atomic E-state index is 12.8. The van der Waals surface area contributed by atoms with Crippen LogP contribution in [0.2, 0.25) is 0 Å². The average molecular weight is 245 g/mol. The summed E-state index contributed by atoms with van der Waals surface area (Å²) in [5.41, 5.74) is 0.279. The maximum absolute atomic E-state index is 12.8. The van der Waals surface area contributed by atoms with Gasteiger partial charge in [0.1, 0.15) is 0 Å². The predicted molar refractivity (Wildman–Crippen MR) is 64.2 cm³/mol. The van der Waals surface area contributed by atoms with Gasteiger partial charge in [-0.25, -0.2) is 0 Å². The number of alkyl halides is 3. The molecule has 0 aromatic heterocycles. The normalized spacial score (nSPS) is 11.6. The Morgan fingerprint density at radius 2 is 1.88 bits per heavy atom. The summed E-state index contributed by atoms with van der Waals surface area (Å²) >= 11 is 0. The molecule has 17 heavy (non-hydrogen) atoms. The number of halogens is 3. The van der Waals surface area contributed by atoms with Crippen LogP contribution in [0.1, 0.15) is 37.3 Å². The molecule has 0 fully saturated rings. The van der Waals surface area contributed by atoms with E-state index in [1.165, 1.54) is 6.07 Å². The summed E-state index contributed by atoms with van der Waals surface area (Å²) in [6.45, 7) is 4.34. The molecule has 96 valence electrons. The zero-order valence-electron chi connectivity index (χ0n) is 10.2. The van der Waals surface area contributed by atoms with E-state index in [4.69, 9.17) is 0 Å². The van der Waals surface area contributed by atoms with Gasteiger partial charge in [0, 0.05) is 12.2 Å². The van der Waals surface area contributed by atoms with Crippen molar-refractivity contribution in [2.75, 3.05) is 11.9 Å². The zero-order chi connectivity index (χ0) is 12.9. The van der Waals surface area contributed by atoms with Gasteiger partial charge < -0.3 is 5.32 Å². The minimum atomic E-state index is -4.29. The third kappa shape index (κ3) is 3.95. The molecule has 0 aliphatic carbocycles. The Kier molecular flexibility index (Phi) is 4.85. The van der Waals surface area contributed by atoms with Gasteiger partial charge >= 0.3 is 6.18 Å². The number of benzene rings is 1. The Morgan fingerprint density at radius 3 is 2.47 bits per heavy atom. The smallest absolute Gasteiger partial charge is 0.384 e. The number of unbranched alkanes of at least 4 members (excludes halogenated alkanes) is 2. The SMILES string of the molecule is CCCCCNc1c(C)cccc1C(F)(F)F. The fourth-order valence-electron chi connectivity index (χ4n) is 1.73. The Bertz CT molecular complexity index is 358. The van der Waals surface area contributed by atoms with Crippen molar-refractivity contribution < 1.29 is 13.2 Å². The summed E-state index contributed by atoms with van der Waals surface area (Å²) in [5.74, 6) is 0. The van der Waals surface area contributed by atoms with Crippen molar-refractivity contribution in [2.24, 2.45) is 0 Å². The molecule has 0 spiro atoms. The highest BCUT2D eigenvalue weighted by atomic mass is 19.4. The third-order valence-electron chi connectivity index (χ3n) is 2.66. The lowest BCUT2D eigenvalue weighted by molar-refractivity contribution is -0.137. The van der Waals surface area contributed by atoms with Gasteiger partial charge in [-0.1, -0.05) is 31.9 Å². The van der Waals surface area contributed by atoms with Gasteiger partial charge in [-0.3, -0.25) is 0 Å². The number of para-hydroxylation sites is 1. The molecule has 0 heterocycles. The van der Waals surface area contributed by atoms with Crippen molar-refractivity contribution >= 4 is 5.69 Å². The second-order valence-corrected chi connectivity index (χ2v) is 4.13. The molecule has 0 aliphatic heterocycles. The van der Waals surface area contributed by atoms with Crippen LogP contribution in [0.5, 0.6) is 0 Å². The van der Waals surface area contributed by atoms with E-state index in [9.17, 15) is 13.2 Å². The van der Waals surface area contributed by atoms with Crippen molar-refractivity contribution in [3.05, 3.63) is 29.3 Å². The summed E-state index contributed by atoms with van der Waals surface area (Å²) in [6, 6.07) is 4.25. The molecule has 1 nitrogen and oxygen atoms in total. The summed E-state index contributed by atoms with van der Waals surface area (Å²) < 4.78 is 38.3. The van der Waals surface area contributed by atoms with Crippen LogP contribution in [0, 0.1) is 6.92 Å². The zero-order valence-corrected chi connectivity index (χ0v) is 10.2. The molecule has 0 saturated carbocycles. The van der Waals surface area contributed by atoms with Gasteiger partial charge in [0.05, 0.1) is 5.56 Å². The van der Waals surface area contributed by atoms with E-state index in [-0.39, 0.29) is 5.69 Å². The molecule has 0 aliphatic rings. The van der Waals surface area contributed by atoms with Gasteiger partial charge in [0.2, 0.25) is 0 Å². The molecule has 0 bridgehead atoms. The first-order valence-electron chi connectivity index (χ1n) is 5.87. The molecule has 0 amide bonds. The van der Waals surface area contributed by atoms with Crippen molar-refractivity contribution in [3.63, 3.8) is 0 Å². The van der Waals surface area contributed by atoms with Gasteiger partial charge in [0.15, 0.2) is 0 Å². The first-order chi connectivity index (χ1) is 7.96. The van der Waals surface area contributed by atoms with Gasteiger partial charge in [-0.05, 0) is 25.0 Å². The second-order valence-electron chi connectivity index (χ2n) is 4.13. The van der Waals surface area contributed by atoms with Crippen molar-refractivity contribution in [3.8, 4) is 0 Å². The largest absolute Gasteiger partial charge is 0.418 e. The highest BCUT2D eigenvalue weighted by Gasteiger charge is 2.33. The lowest BCUT2D eigenvalue weighted by atomic mass is 10.1. The molecule has 0 atom stereocenters. The fraction of sp³-hybridized carbons (Fsp3) is 0.538. The monoisotopic (exact) mass is 245 g/mol. The van der Waals surface area contributed by atoms with E-state index < -0.39 is 11.7 Å². The van der Waals surface area contributed by atoms with E-state index in [0.29, 0.717) is 12.1 Å². The highest BCUT2D eigenvalue weighted by Crippen LogP contribution is 2.36.